The Morgan fingerprint density at radius 1 is 0.407 bits per heavy atom. The zero-order chi connectivity index (χ0) is 42.8. The van der Waals surface area contributed by atoms with Crippen LogP contribution in [0.2, 0.25) is 0 Å². The van der Waals surface area contributed by atoms with E-state index in [1.54, 1.807) is 26.0 Å². The largest absolute Gasteiger partial charge is 0.584 e. The highest BCUT2D eigenvalue weighted by molar-refractivity contribution is 7.48. The first kappa shape index (κ1) is 40.2. The van der Waals surface area contributed by atoms with Crippen molar-refractivity contribution in [3.05, 3.63) is 141 Å². The average Bonchev–Trinajstić information content (AvgIpc) is 3.27. The summed E-state index contributed by atoms with van der Waals surface area (Å²) in [6, 6.07) is 22.0. The predicted molar refractivity (Wildman–Crippen MR) is 221 cm³/mol. The molecule has 6 aromatic rings. The highest BCUT2D eigenvalue weighted by Gasteiger charge is 2.39. The summed E-state index contributed by atoms with van der Waals surface area (Å²) in [5, 5.41) is 40.2. The molecule has 298 valence electrons. The summed E-state index contributed by atoms with van der Waals surface area (Å²) in [5.74, 6) is -5.56. The van der Waals surface area contributed by atoms with Crippen LogP contribution in [-0.4, -0.2) is 49.2 Å². The van der Waals surface area contributed by atoms with E-state index in [0.717, 1.165) is 34.4 Å². The number of hydrogen-bond donors (Lipinski definition) is 5. The molecule has 0 bridgehead atoms. The van der Waals surface area contributed by atoms with Crippen molar-refractivity contribution in [3.63, 3.8) is 0 Å². The quantitative estimate of drug-likeness (QED) is 0.0911. The van der Waals surface area contributed by atoms with Gasteiger partial charge in [0, 0.05) is 22.3 Å². The monoisotopic (exact) mass is 812 g/mol. The van der Waals surface area contributed by atoms with Crippen molar-refractivity contribution in [2.24, 2.45) is 0 Å². The minimum atomic E-state index is -5.05. The summed E-state index contributed by atoms with van der Waals surface area (Å²) in [7, 11) is -5.05. The fourth-order valence-corrected chi connectivity index (χ4v) is 8.78. The maximum Gasteiger partial charge on any atom is 0.584 e. The number of benzene rings is 6. The van der Waals surface area contributed by atoms with Gasteiger partial charge in [0.25, 0.3) is 0 Å². The van der Waals surface area contributed by atoms with Crippen molar-refractivity contribution < 1.29 is 58.1 Å². The van der Waals surface area contributed by atoms with Gasteiger partial charge in [-0.3, -0.25) is 4.89 Å². The summed E-state index contributed by atoms with van der Waals surface area (Å²) >= 11 is 0. The molecule has 0 saturated carbocycles. The zero-order valence-corrected chi connectivity index (χ0v) is 33.5. The molecule has 0 saturated heterocycles. The van der Waals surface area contributed by atoms with Crippen LogP contribution in [0.3, 0.4) is 0 Å². The van der Waals surface area contributed by atoms with E-state index < -0.39 is 31.7 Å². The lowest BCUT2D eigenvalue weighted by Crippen LogP contribution is -2.05. The molecule has 7 rings (SSSR count). The van der Waals surface area contributed by atoms with Crippen molar-refractivity contribution in [1.82, 2.24) is 0 Å². The second kappa shape index (κ2) is 14.7. The molecule has 1 heterocycles. The van der Waals surface area contributed by atoms with E-state index in [1.807, 2.05) is 64.1 Å². The first-order valence-electron chi connectivity index (χ1n) is 18.2. The fraction of sp³-hybridized carbons (Fsp3) is 0.130. The molecule has 0 atom stereocenters. The van der Waals surface area contributed by atoms with Crippen molar-refractivity contribution in [1.29, 1.82) is 0 Å². The number of carboxylic acids is 4. The first-order chi connectivity index (χ1) is 27.7. The maximum atomic E-state index is 14.3. The van der Waals surface area contributed by atoms with Gasteiger partial charge in [-0.2, -0.15) is 0 Å². The Balaban J connectivity index is 1.73. The average molecular weight is 813 g/mol. The molecule has 6 aromatic carbocycles. The zero-order valence-electron chi connectivity index (χ0n) is 32.6. The van der Waals surface area contributed by atoms with Crippen LogP contribution in [0, 0.1) is 41.5 Å². The van der Waals surface area contributed by atoms with Gasteiger partial charge >= 0.3 is 31.7 Å². The van der Waals surface area contributed by atoms with Crippen LogP contribution in [0.15, 0.2) is 84.9 Å². The molecule has 0 unspecified atom stereocenters. The van der Waals surface area contributed by atoms with E-state index in [-0.39, 0.29) is 56.0 Å². The molecule has 0 amide bonds. The highest BCUT2D eigenvalue weighted by atomic mass is 31.2. The minimum Gasteiger partial charge on any atom is -0.478 e. The molecule has 59 heavy (non-hydrogen) atoms. The lowest BCUT2D eigenvalue weighted by molar-refractivity contribution is 0.0676. The van der Waals surface area contributed by atoms with Crippen molar-refractivity contribution in [3.8, 4) is 67.1 Å². The highest BCUT2D eigenvalue weighted by Crippen LogP contribution is 2.62. The van der Waals surface area contributed by atoms with E-state index in [0.29, 0.717) is 44.5 Å². The molecule has 0 fully saturated rings. The third kappa shape index (κ3) is 7.59. The topological polar surface area (TPSA) is 205 Å². The van der Waals surface area contributed by atoms with Gasteiger partial charge in [0.05, 0.1) is 22.3 Å². The Morgan fingerprint density at radius 2 is 0.678 bits per heavy atom. The normalized spacial score (nSPS) is 12.7. The standard InChI is InChI=1S/C46H37O12P/c1-21-7-22(2)10-27(9-21)37-19-35(29-13-31(43(47)48)17-32(14-29)44(49)50)25(5)39-40-26(6)36(30-15-33(45(51)52)18-34(16-30)46(53)54)20-38(28-11-23(3)8-24(4)12-28)42(40)58-59(55,56)57-41(37)39/h7-20H,1-6H3,(H,47,48)(H,49,50)(H,51,52)(H,53,54)(H,55,56). The van der Waals surface area contributed by atoms with Crippen molar-refractivity contribution >= 4 is 31.7 Å². The Bertz CT molecular complexity index is 2610. The maximum absolute atomic E-state index is 14.3. The SMILES string of the molecule is Cc1cc(C)cc(-c2cc(-c3cc(C(=O)O)cc(C(=O)O)c3)c(C)c3c2OP(=O)(O)Oc2c(-c4cc(C)cc(C)c4)cc(-c4cc(C(=O)O)cc(C(=O)O)c4)c(C)c2-3)c1. The smallest absolute Gasteiger partial charge is 0.478 e. The summed E-state index contributed by atoms with van der Waals surface area (Å²) in [6.45, 7) is 10.9. The van der Waals surface area contributed by atoms with Gasteiger partial charge < -0.3 is 29.5 Å². The van der Waals surface area contributed by atoms with E-state index >= 15 is 0 Å². The molecule has 1 aliphatic rings. The van der Waals surface area contributed by atoms with Crippen LogP contribution in [0.4, 0.5) is 0 Å². The van der Waals surface area contributed by atoms with Gasteiger partial charge in [-0.1, -0.05) is 58.7 Å². The van der Waals surface area contributed by atoms with Crippen LogP contribution in [-0.2, 0) is 4.57 Å². The van der Waals surface area contributed by atoms with E-state index in [1.165, 1.54) is 24.3 Å². The summed E-state index contributed by atoms with van der Waals surface area (Å²) in [6.07, 6.45) is 0. The third-order valence-electron chi connectivity index (χ3n) is 10.3. The number of phosphoric ester groups is 1. The number of aryl methyl sites for hydroxylation is 4. The number of phosphoric acid groups is 1. The minimum absolute atomic E-state index is 0.0641. The van der Waals surface area contributed by atoms with Crippen molar-refractivity contribution in [2.75, 3.05) is 0 Å². The van der Waals surface area contributed by atoms with Gasteiger partial charge in [-0.05, 0) is 135 Å². The molecule has 0 aliphatic carbocycles. The number of rotatable bonds is 8. The Morgan fingerprint density at radius 3 is 0.949 bits per heavy atom. The molecule has 5 N–H and O–H groups in total. The molecular formula is C46H37O12P. The van der Waals surface area contributed by atoms with Gasteiger partial charge in [-0.25, -0.2) is 23.7 Å². The number of fused-ring (bicyclic) bond motifs is 3. The van der Waals surface area contributed by atoms with Gasteiger partial charge in [0.1, 0.15) is 11.5 Å². The fourth-order valence-electron chi connectivity index (χ4n) is 7.91. The summed E-state index contributed by atoms with van der Waals surface area (Å²) < 4.78 is 26.4. The molecule has 13 heteroatoms. The molecule has 12 nitrogen and oxygen atoms in total. The number of hydrogen-bond acceptors (Lipinski definition) is 7. The lowest BCUT2D eigenvalue weighted by Gasteiger charge is -2.23. The summed E-state index contributed by atoms with van der Waals surface area (Å²) in [4.78, 5) is 60.9. The van der Waals surface area contributed by atoms with Crippen molar-refractivity contribution in [2.45, 2.75) is 41.5 Å². The molecule has 0 spiro atoms. The van der Waals surface area contributed by atoms with E-state index in [4.69, 9.17) is 9.05 Å². The van der Waals surface area contributed by atoms with Gasteiger partial charge in [0.15, 0.2) is 0 Å². The summed E-state index contributed by atoms with van der Waals surface area (Å²) in [5.41, 5.74) is 6.37. The Kier molecular flexibility index (Phi) is 10.0. The van der Waals surface area contributed by atoms with E-state index in [9.17, 15) is 49.1 Å². The van der Waals surface area contributed by atoms with Crippen LogP contribution < -0.4 is 9.05 Å². The van der Waals surface area contributed by atoms with Crippen LogP contribution in [0.1, 0.15) is 74.8 Å². The number of carboxylic acid groups (broad SMARTS) is 4. The van der Waals surface area contributed by atoms with E-state index in [2.05, 4.69) is 0 Å². The molecule has 0 aromatic heterocycles. The van der Waals surface area contributed by atoms with Crippen LogP contribution >= 0.6 is 7.82 Å². The number of carbonyl (C=O) groups is 4. The van der Waals surface area contributed by atoms with Gasteiger partial charge in [0.2, 0.25) is 0 Å². The van der Waals surface area contributed by atoms with Crippen LogP contribution in [0.5, 0.6) is 11.5 Å². The Labute approximate surface area is 338 Å². The number of aromatic carboxylic acids is 4. The van der Waals surface area contributed by atoms with Gasteiger partial charge in [-0.15, -0.1) is 0 Å². The molecule has 1 aliphatic heterocycles. The predicted octanol–water partition coefficient (Wildman–Crippen LogP) is 10.5. The van der Waals surface area contributed by atoms with Crippen LogP contribution in [0.25, 0.3) is 55.6 Å². The Hall–Kier alpha value is -7.01. The molecule has 0 radical (unpaired) electrons. The second-order valence-electron chi connectivity index (χ2n) is 14.8. The second-order valence-corrected chi connectivity index (χ2v) is 16.1. The molecular weight excluding hydrogens is 775 g/mol. The first-order valence-corrected chi connectivity index (χ1v) is 19.7. The third-order valence-corrected chi connectivity index (χ3v) is 11.1. The lowest BCUT2D eigenvalue weighted by atomic mass is 9.81.